The number of nitrogens with zero attached hydrogens (tertiary/aromatic N) is 1. The summed E-state index contributed by atoms with van der Waals surface area (Å²) in [5.74, 6) is 0.567. The smallest absolute Gasteiger partial charge is 0.103 e. The lowest BCUT2D eigenvalue weighted by Gasteiger charge is -2.22. The van der Waals surface area contributed by atoms with Gasteiger partial charge in [0.15, 0.2) is 0 Å². The average molecular weight is 140 g/mol. The Hall–Kier alpha value is -0.550. The fraction of sp³-hybridized carbons (Fsp3) is 0.875. The molecule has 0 aromatic heterocycles. The van der Waals surface area contributed by atoms with E-state index in [4.69, 9.17) is 5.26 Å². The minimum atomic E-state index is -0.339. The molecule has 0 saturated carbocycles. The largest absolute Gasteiger partial charge is 0.303 e. The maximum absolute atomic E-state index is 8.72. The van der Waals surface area contributed by atoms with Crippen molar-refractivity contribution in [2.45, 2.75) is 32.7 Å². The molecule has 10 heavy (non-hydrogen) atoms. The summed E-state index contributed by atoms with van der Waals surface area (Å²) in [4.78, 5) is 0. The first-order chi connectivity index (χ1) is 4.54. The zero-order chi connectivity index (χ0) is 8.20. The van der Waals surface area contributed by atoms with Crippen molar-refractivity contribution in [3.05, 3.63) is 0 Å². The third-order valence-corrected chi connectivity index (χ3v) is 1.62. The Bertz CT molecular complexity index is 135. The van der Waals surface area contributed by atoms with Crippen LogP contribution in [0.1, 0.15) is 27.2 Å². The SMILES string of the molecule is CNC(C)(C#N)CC(C)C. The summed E-state index contributed by atoms with van der Waals surface area (Å²) in [5.41, 5.74) is -0.339. The molecule has 0 radical (unpaired) electrons. The van der Waals surface area contributed by atoms with Gasteiger partial charge in [-0.15, -0.1) is 0 Å². The molecule has 0 heterocycles. The monoisotopic (exact) mass is 140 g/mol. The molecule has 2 nitrogen and oxygen atoms in total. The lowest BCUT2D eigenvalue weighted by molar-refractivity contribution is 0.389. The molecular weight excluding hydrogens is 124 g/mol. The van der Waals surface area contributed by atoms with Crippen LogP contribution in [-0.2, 0) is 0 Å². The van der Waals surface area contributed by atoms with E-state index in [9.17, 15) is 0 Å². The van der Waals surface area contributed by atoms with Crippen molar-refractivity contribution < 1.29 is 0 Å². The van der Waals surface area contributed by atoms with E-state index in [-0.39, 0.29) is 5.54 Å². The number of hydrogen-bond donors (Lipinski definition) is 1. The van der Waals surface area contributed by atoms with E-state index in [1.807, 2.05) is 14.0 Å². The van der Waals surface area contributed by atoms with Gasteiger partial charge < -0.3 is 5.32 Å². The van der Waals surface area contributed by atoms with Crippen molar-refractivity contribution in [2.75, 3.05) is 7.05 Å². The van der Waals surface area contributed by atoms with E-state index < -0.39 is 0 Å². The van der Waals surface area contributed by atoms with Crippen LogP contribution < -0.4 is 5.32 Å². The van der Waals surface area contributed by atoms with Gasteiger partial charge in [-0.3, -0.25) is 0 Å². The molecule has 0 aromatic rings. The minimum Gasteiger partial charge on any atom is -0.303 e. The normalized spacial score (nSPS) is 16.4. The Morgan fingerprint density at radius 2 is 2.10 bits per heavy atom. The predicted octanol–water partition coefficient (Wildman–Crippen LogP) is 1.53. The van der Waals surface area contributed by atoms with E-state index in [1.165, 1.54) is 0 Å². The van der Waals surface area contributed by atoms with Crippen LogP contribution in [0, 0.1) is 17.2 Å². The highest BCUT2D eigenvalue weighted by Gasteiger charge is 2.21. The number of nitriles is 1. The van der Waals surface area contributed by atoms with Gasteiger partial charge in [-0.2, -0.15) is 5.26 Å². The maximum atomic E-state index is 8.72. The molecule has 0 fully saturated rings. The molecule has 1 atom stereocenters. The van der Waals surface area contributed by atoms with Gasteiger partial charge in [0.05, 0.1) is 6.07 Å². The van der Waals surface area contributed by atoms with Gasteiger partial charge in [0.25, 0.3) is 0 Å². The van der Waals surface area contributed by atoms with Crippen LogP contribution in [-0.4, -0.2) is 12.6 Å². The van der Waals surface area contributed by atoms with Crippen LogP contribution in [0.2, 0.25) is 0 Å². The summed E-state index contributed by atoms with van der Waals surface area (Å²) in [6.07, 6.45) is 0.903. The summed E-state index contributed by atoms with van der Waals surface area (Å²) < 4.78 is 0. The summed E-state index contributed by atoms with van der Waals surface area (Å²) in [6.45, 7) is 6.16. The highest BCUT2D eigenvalue weighted by molar-refractivity contribution is 5.03. The van der Waals surface area contributed by atoms with E-state index in [0.29, 0.717) is 5.92 Å². The van der Waals surface area contributed by atoms with Crippen molar-refractivity contribution in [1.82, 2.24) is 5.32 Å². The van der Waals surface area contributed by atoms with Crippen molar-refractivity contribution in [3.63, 3.8) is 0 Å². The van der Waals surface area contributed by atoms with Gasteiger partial charge >= 0.3 is 0 Å². The summed E-state index contributed by atoms with van der Waals surface area (Å²) >= 11 is 0. The quantitative estimate of drug-likeness (QED) is 0.645. The number of nitrogens with one attached hydrogen (secondary N) is 1. The third kappa shape index (κ3) is 2.84. The van der Waals surface area contributed by atoms with E-state index in [2.05, 4.69) is 25.2 Å². The van der Waals surface area contributed by atoms with Crippen molar-refractivity contribution in [1.29, 1.82) is 5.26 Å². The van der Waals surface area contributed by atoms with Crippen LogP contribution in [0.3, 0.4) is 0 Å². The molecule has 2 heteroatoms. The van der Waals surface area contributed by atoms with Crippen LogP contribution in [0.4, 0.5) is 0 Å². The lowest BCUT2D eigenvalue weighted by Crippen LogP contribution is -2.39. The van der Waals surface area contributed by atoms with Gasteiger partial charge in [-0.1, -0.05) is 13.8 Å². The molecule has 0 aliphatic rings. The lowest BCUT2D eigenvalue weighted by atomic mass is 9.93. The Morgan fingerprint density at radius 3 is 2.20 bits per heavy atom. The van der Waals surface area contributed by atoms with Crippen molar-refractivity contribution in [3.8, 4) is 6.07 Å². The second-order valence-corrected chi connectivity index (χ2v) is 3.29. The molecule has 0 aliphatic carbocycles. The summed E-state index contributed by atoms with van der Waals surface area (Å²) in [5, 5.41) is 11.7. The molecule has 0 aromatic carbocycles. The molecule has 0 saturated heterocycles. The second kappa shape index (κ2) is 3.58. The van der Waals surface area contributed by atoms with E-state index in [0.717, 1.165) is 6.42 Å². The number of hydrogen-bond acceptors (Lipinski definition) is 2. The minimum absolute atomic E-state index is 0.339. The highest BCUT2D eigenvalue weighted by Crippen LogP contribution is 2.14. The Kier molecular flexibility index (Phi) is 3.38. The fourth-order valence-electron chi connectivity index (χ4n) is 1.02. The first-order valence-electron chi connectivity index (χ1n) is 3.64. The second-order valence-electron chi connectivity index (χ2n) is 3.29. The van der Waals surface area contributed by atoms with E-state index in [1.54, 1.807) is 0 Å². The van der Waals surface area contributed by atoms with E-state index >= 15 is 0 Å². The van der Waals surface area contributed by atoms with Gasteiger partial charge in [0, 0.05) is 0 Å². The third-order valence-electron chi connectivity index (χ3n) is 1.62. The molecule has 0 rings (SSSR count). The highest BCUT2D eigenvalue weighted by atomic mass is 14.9. The number of rotatable bonds is 3. The standard InChI is InChI=1S/C8H16N2/c1-7(2)5-8(3,6-9)10-4/h7,10H,5H2,1-4H3. The van der Waals surface area contributed by atoms with Crippen molar-refractivity contribution >= 4 is 0 Å². The molecule has 58 valence electrons. The average Bonchev–Trinajstić information content (AvgIpc) is 1.87. The van der Waals surface area contributed by atoms with Gasteiger partial charge in [-0.05, 0) is 26.3 Å². The van der Waals surface area contributed by atoms with Gasteiger partial charge in [0.1, 0.15) is 5.54 Å². The van der Waals surface area contributed by atoms with Crippen LogP contribution >= 0.6 is 0 Å². The first kappa shape index (κ1) is 9.45. The van der Waals surface area contributed by atoms with Crippen molar-refractivity contribution in [2.24, 2.45) is 5.92 Å². The molecule has 0 aliphatic heterocycles. The molecule has 0 spiro atoms. The molecule has 0 bridgehead atoms. The van der Waals surface area contributed by atoms with Gasteiger partial charge in [0.2, 0.25) is 0 Å². The topological polar surface area (TPSA) is 35.8 Å². The molecule has 1 unspecified atom stereocenters. The van der Waals surface area contributed by atoms with Gasteiger partial charge in [-0.25, -0.2) is 0 Å². The Morgan fingerprint density at radius 1 is 1.60 bits per heavy atom. The zero-order valence-corrected chi connectivity index (χ0v) is 7.23. The maximum Gasteiger partial charge on any atom is 0.103 e. The van der Waals surface area contributed by atoms with Crippen LogP contribution in [0.15, 0.2) is 0 Å². The predicted molar refractivity (Wildman–Crippen MR) is 42.5 cm³/mol. The van der Waals surface area contributed by atoms with Crippen LogP contribution in [0.25, 0.3) is 0 Å². The van der Waals surface area contributed by atoms with Crippen LogP contribution in [0.5, 0.6) is 0 Å². The summed E-state index contributed by atoms with van der Waals surface area (Å²) in [7, 11) is 1.82. The zero-order valence-electron chi connectivity index (χ0n) is 7.23. The first-order valence-corrected chi connectivity index (χ1v) is 3.64. The Balaban J connectivity index is 3.97. The summed E-state index contributed by atoms with van der Waals surface area (Å²) in [6, 6.07) is 2.25. The Labute approximate surface area is 63.2 Å². The fourth-order valence-corrected chi connectivity index (χ4v) is 1.02. The molecular formula is C8H16N2. The molecule has 1 N–H and O–H groups in total. The molecule has 0 amide bonds.